The van der Waals surface area contributed by atoms with Gasteiger partial charge in [-0.3, -0.25) is 0 Å². The van der Waals surface area contributed by atoms with Crippen LogP contribution in [-0.2, 0) is 9.68 Å². The Bertz CT molecular complexity index is 302. The maximum Gasteiger partial charge on any atom is 0.342 e. The molecule has 0 saturated carbocycles. The van der Waals surface area contributed by atoms with E-state index in [1.165, 1.54) is 44.9 Å². The van der Waals surface area contributed by atoms with E-state index >= 15 is 0 Å². The van der Waals surface area contributed by atoms with Crippen molar-refractivity contribution in [3.05, 3.63) is 12.2 Å². The molecule has 0 aliphatic rings. The third-order valence-electron chi connectivity index (χ3n) is 4.32. The van der Waals surface area contributed by atoms with E-state index in [1.807, 2.05) is 0 Å². The van der Waals surface area contributed by atoms with Gasteiger partial charge in [-0.25, -0.2) is 4.79 Å². The van der Waals surface area contributed by atoms with Crippen molar-refractivity contribution in [3.8, 4) is 0 Å². The summed E-state index contributed by atoms with van der Waals surface area (Å²) in [5, 5.41) is 18.0. The Morgan fingerprint density at radius 3 is 2.21 bits per heavy atom. The SMILES string of the molecule is CCCCCCC(O)CC=CCCCCCCCCCC(=O)OO. The van der Waals surface area contributed by atoms with Gasteiger partial charge in [-0.2, -0.15) is 5.26 Å². The van der Waals surface area contributed by atoms with Crippen LogP contribution in [0.15, 0.2) is 12.2 Å². The summed E-state index contributed by atoms with van der Waals surface area (Å²) < 4.78 is 0. The molecule has 2 N–H and O–H groups in total. The Labute approximate surface area is 148 Å². The molecule has 0 aromatic rings. The highest BCUT2D eigenvalue weighted by Gasteiger charge is 2.01. The molecular weight excluding hydrogens is 304 g/mol. The summed E-state index contributed by atoms with van der Waals surface area (Å²) in [6.07, 6.45) is 20.0. The molecule has 0 saturated heterocycles. The summed E-state index contributed by atoms with van der Waals surface area (Å²) in [6, 6.07) is 0. The van der Waals surface area contributed by atoms with Crippen molar-refractivity contribution in [3.63, 3.8) is 0 Å². The van der Waals surface area contributed by atoms with Gasteiger partial charge >= 0.3 is 5.97 Å². The van der Waals surface area contributed by atoms with Crippen LogP contribution in [0.5, 0.6) is 0 Å². The molecule has 4 heteroatoms. The van der Waals surface area contributed by atoms with Crippen LogP contribution in [0.4, 0.5) is 0 Å². The van der Waals surface area contributed by atoms with Gasteiger partial charge in [0.2, 0.25) is 0 Å². The summed E-state index contributed by atoms with van der Waals surface area (Å²) >= 11 is 0. The van der Waals surface area contributed by atoms with Gasteiger partial charge in [0.05, 0.1) is 6.10 Å². The zero-order valence-electron chi connectivity index (χ0n) is 15.5. The van der Waals surface area contributed by atoms with Gasteiger partial charge in [-0.1, -0.05) is 76.9 Å². The lowest BCUT2D eigenvalue weighted by molar-refractivity contribution is -0.234. The van der Waals surface area contributed by atoms with Crippen LogP contribution in [0.1, 0.15) is 103 Å². The van der Waals surface area contributed by atoms with Gasteiger partial charge < -0.3 is 9.99 Å². The van der Waals surface area contributed by atoms with Crippen molar-refractivity contribution in [2.45, 2.75) is 109 Å². The highest BCUT2D eigenvalue weighted by molar-refractivity contribution is 5.68. The van der Waals surface area contributed by atoms with E-state index in [1.54, 1.807) is 0 Å². The molecule has 0 radical (unpaired) electrons. The summed E-state index contributed by atoms with van der Waals surface area (Å²) in [6.45, 7) is 2.20. The minimum Gasteiger partial charge on any atom is -0.393 e. The van der Waals surface area contributed by atoms with E-state index in [9.17, 15) is 9.90 Å². The van der Waals surface area contributed by atoms with E-state index in [4.69, 9.17) is 5.26 Å². The number of rotatable bonds is 17. The van der Waals surface area contributed by atoms with Gasteiger partial charge in [0.15, 0.2) is 0 Å². The van der Waals surface area contributed by atoms with Crippen LogP contribution in [0.2, 0.25) is 0 Å². The highest BCUT2D eigenvalue weighted by atomic mass is 17.1. The quantitative estimate of drug-likeness (QED) is 0.152. The first-order valence-corrected chi connectivity index (χ1v) is 9.88. The van der Waals surface area contributed by atoms with Gasteiger partial charge in [-0.05, 0) is 32.1 Å². The molecule has 0 heterocycles. The number of unbranched alkanes of at least 4 members (excludes halogenated alkanes) is 10. The lowest BCUT2D eigenvalue weighted by atomic mass is 10.1. The van der Waals surface area contributed by atoms with Crippen LogP contribution in [-0.4, -0.2) is 22.4 Å². The molecule has 4 nitrogen and oxygen atoms in total. The molecular formula is C20H38O4. The molecule has 0 aromatic heterocycles. The first kappa shape index (κ1) is 23.1. The molecule has 0 spiro atoms. The summed E-state index contributed by atoms with van der Waals surface area (Å²) in [5.74, 6) is -0.534. The fraction of sp³-hybridized carbons (Fsp3) is 0.850. The number of carbonyl (C=O) groups is 1. The number of aliphatic hydroxyl groups excluding tert-OH is 1. The Morgan fingerprint density at radius 2 is 1.54 bits per heavy atom. The van der Waals surface area contributed by atoms with E-state index < -0.39 is 5.97 Å². The third kappa shape index (κ3) is 17.5. The first-order chi connectivity index (χ1) is 11.7. The van der Waals surface area contributed by atoms with Crippen molar-refractivity contribution in [2.75, 3.05) is 0 Å². The van der Waals surface area contributed by atoms with Crippen LogP contribution in [0.25, 0.3) is 0 Å². The molecule has 24 heavy (non-hydrogen) atoms. The van der Waals surface area contributed by atoms with Crippen molar-refractivity contribution < 1.29 is 20.0 Å². The average molecular weight is 343 g/mol. The molecule has 1 unspecified atom stereocenters. The van der Waals surface area contributed by atoms with Crippen molar-refractivity contribution >= 4 is 5.97 Å². The van der Waals surface area contributed by atoms with Crippen LogP contribution < -0.4 is 0 Å². The van der Waals surface area contributed by atoms with E-state index in [-0.39, 0.29) is 6.10 Å². The van der Waals surface area contributed by atoms with Gasteiger partial charge in [0, 0.05) is 6.42 Å². The van der Waals surface area contributed by atoms with Crippen LogP contribution in [0.3, 0.4) is 0 Å². The first-order valence-electron chi connectivity index (χ1n) is 9.88. The number of hydrogen-bond acceptors (Lipinski definition) is 4. The van der Waals surface area contributed by atoms with E-state index in [2.05, 4.69) is 24.0 Å². The average Bonchev–Trinajstić information content (AvgIpc) is 2.59. The molecule has 0 fully saturated rings. The van der Waals surface area contributed by atoms with E-state index in [0.717, 1.165) is 44.9 Å². The Kier molecular flexibility index (Phi) is 17.8. The maximum absolute atomic E-state index is 10.7. The predicted octanol–water partition coefficient (Wildman–Crippen LogP) is 5.79. The molecule has 1 atom stereocenters. The van der Waals surface area contributed by atoms with Gasteiger partial charge in [-0.15, -0.1) is 0 Å². The van der Waals surface area contributed by atoms with Gasteiger partial charge in [0.1, 0.15) is 0 Å². The number of allylic oxidation sites excluding steroid dienone is 1. The predicted molar refractivity (Wildman–Crippen MR) is 98.8 cm³/mol. The fourth-order valence-electron chi connectivity index (χ4n) is 2.76. The van der Waals surface area contributed by atoms with Crippen LogP contribution >= 0.6 is 0 Å². The molecule has 0 amide bonds. The summed E-state index contributed by atoms with van der Waals surface area (Å²) in [4.78, 5) is 14.3. The lowest BCUT2D eigenvalue weighted by Crippen LogP contribution is -2.04. The molecule has 0 aromatic carbocycles. The number of aliphatic hydroxyl groups is 1. The second-order valence-corrected chi connectivity index (χ2v) is 6.69. The highest BCUT2D eigenvalue weighted by Crippen LogP contribution is 2.11. The smallest absolute Gasteiger partial charge is 0.342 e. The standard InChI is InChI=1S/C20H38O4/c1-2-3-4-13-16-19(21)17-14-11-9-7-5-6-8-10-12-15-18-20(22)24-23/h11,14,19,21,23H,2-10,12-13,15-18H2,1H3. The third-order valence-corrected chi connectivity index (χ3v) is 4.32. The Hall–Kier alpha value is -0.870. The zero-order chi connectivity index (χ0) is 17.9. The number of carbonyl (C=O) groups excluding carboxylic acids is 1. The Morgan fingerprint density at radius 1 is 0.917 bits per heavy atom. The summed E-state index contributed by atoms with van der Waals surface area (Å²) in [7, 11) is 0. The van der Waals surface area contributed by atoms with Crippen molar-refractivity contribution in [1.29, 1.82) is 0 Å². The second kappa shape index (κ2) is 18.5. The van der Waals surface area contributed by atoms with Crippen molar-refractivity contribution in [2.24, 2.45) is 0 Å². The summed E-state index contributed by atoms with van der Waals surface area (Å²) in [5.41, 5.74) is 0. The normalized spacial score (nSPS) is 12.6. The number of hydrogen-bond donors (Lipinski definition) is 2. The lowest BCUT2D eigenvalue weighted by Gasteiger charge is -2.07. The zero-order valence-corrected chi connectivity index (χ0v) is 15.5. The minimum absolute atomic E-state index is 0.166. The monoisotopic (exact) mass is 342 g/mol. The fourth-order valence-corrected chi connectivity index (χ4v) is 2.76. The van der Waals surface area contributed by atoms with Crippen LogP contribution in [0, 0.1) is 0 Å². The largest absolute Gasteiger partial charge is 0.393 e. The van der Waals surface area contributed by atoms with E-state index in [0.29, 0.717) is 6.42 Å². The second-order valence-electron chi connectivity index (χ2n) is 6.69. The maximum atomic E-state index is 10.7. The molecule has 0 bridgehead atoms. The Balaban J connectivity index is 3.24. The molecule has 142 valence electrons. The molecule has 0 aliphatic heterocycles. The minimum atomic E-state index is -0.534. The molecule has 0 aliphatic carbocycles. The molecule has 0 rings (SSSR count). The van der Waals surface area contributed by atoms with Gasteiger partial charge in [0.25, 0.3) is 0 Å². The topological polar surface area (TPSA) is 66.8 Å². The van der Waals surface area contributed by atoms with Crippen molar-refractivity contribution in [1.82, 2.24) is 0 Å².